The highest BCUT2D eigenvalue weighted by molar-refractivity contribution is 6.08. The van der Waals surface area contributed by atoms with E-state index in [9.17, 15) is 14.4 Å². The highest BCUT2D eigenvalue weighted by Gasteiger charge is 2.45. The number of nitrogens with zero attached hydrogens (tertiary/aromatic N) is 3. The first kappa shape index (κ1) is 16.7. The van der Waals surface area contributed by atoms with E-state index in [0.29, 0.717) is 19.7 Å². The van der Waals surface area contributed by atoms with Gasteiger partial charge in [-0.05, 0) is 27.9 Å². The first-order valence-electron chi connectivity index (χ1n) is 7.39. The molecule has 2 rings (SSSR count). The Labute approximate surface area is 130 Å². The summed E-state index contributed by atoms with van der Waals surface area (Å²) >= 11 is 0. The zero-order chi connectivity index (χ0) is 16.5. The van der Waals surface area contributed by atoms with Gasteiger partial charge < -0.3 is 19.9 Å². The second kappa shape index (κ2) is 6.21. The molecule has 8 heteroatoms. The van der Waals surface area contributed by atoms with Gasteiger partial charge in [-0.15, -0.1) is 0 Å². The molecular weight excluding hydrogens is 288 g/mol. The normalized spacial score (nSPS) is 24.9. The summed E-state index contributed by atoms with van der Waals surface area (Å²) in [4.78, 5) is 40.9. The van der Waals surface area contributed by atoms with Gasteiger partial charge in [0.1, 0.15) is 12.1 Å². The van der Waals surface area contributed by atoms with Gasteiger partial charge in [-0.3, -0.25) is 14.5 Å². The fourth-order valence-corrected chi connectivity index (χ4v) is 2.66. The van der Waals surface area contributed by atoms with Crippen LogP contribution in [0.1, 0.15) is 13.8 Å². The molecule has 0 radical (unpaired) electrons. The van der Waals surface area contributed by atoms with Crippen molar-refractivity contribution in [3.05, 3.63) is 0 Å². The van der Waals surface area contributed by atoms with Gasteiger partial charge in [-0.1, -0.05) is 0 Å². The van der Waals surface area contributed by atoms with Gasteiger partial charge in [0.25, 0.3) is 5.91 Å². The van der Waals surface area contributed by atoms with Crippen LogP contribution in [0, 0.1) is 0 Å². The molecule has 2 fully saturated rings. The van der Waals surface area contributed by atoms with Crippen molar-refractivity contribution in [2.24, 2.45) is 0 Å². The van der Waals surface area contributed by atoms with Gasteiger partial charge in [-0.25, -0.2) is 4.79 Å². The van der Waals surface area contributed by atoms with Crippen LogP contribution in [0.15, 0.2) is 0 Å². The lowest BCUT2D eigenvalue weighted by Crippen LogP contribution is -2.52. The van der Waals surface area contributed by atoms with E-state index in [1.165, 1.54) is 0 Å². The number of ether oxygens (including phenoxy) is 1. The van der Waals surface area contributed by atoms with Gasteiger partial charge >= 0.3 is 6.03 Å². The van der Waals surface area contributed by atoms with Crippen LogP contribution in [-0.2, 0) is 14.3 Å². The maximum atomic E-state index is 12.4. The van der Waals surface area contributed by atoms with Crippen molar-refractivity contribution < 1.29 is 19.1 Å². The Morgan fingerprint density at radius 1 is 1.41 bits per heavy atom. The smallest absolute Gasteiger partial charge is 0.325 e. The SMILES string of the molecule is CN(C)CC1CN(C(=O)CN2C(=O)NC(C)(C)C2=O)CCO1. The number of hydrogen-bond donors (Lipinski definition) is 1. The topological polar surface area (TPSA) is 82.2 Å². The van der Waals surface area contributed by atoms with E-state index in [-0.39, 0.29) is 24.5 Å². The molecule has 1 unspecified atom stereocenters. The Morgan fingerprint density at radius 2 is 2.09 bits per heavy atom. The average molecular weight is 312 g/mol. The van der Waals surface area contributed by atoms with Crippen LogP contribution < -0.4 is 5.32 Å². The van der Waals surface area contributed by atoms with Crippen LogP contribution in [-0.4, -0.2) is 91.1 Å². The van der Waals surface area contributed by atoms with Crippen LogP contribution in [0.2, 0.25) is 0 Å². The second-order valence-electron chi connectivity index (χ2n) is 6.54. The standard InChI is InChI=1S/C14H24N4O4/c1-14(2)12(20)18(13(21)15-14)9-11(19)17-5-6-22-10(8-17)7-16(3)4/h10H,5-9H2,1-4H3,(H,15,21). The number of hydrogen-bond acceptors (Lipinski definition) is 5. The molecule has 4 amide bonds. The zero-order valence-electron chi connectivity index (χ0n) is 13.6. The van der Waals surface area contributed by atoms with Gasteiger partial charge in [0.05, 0.1) is 12.7 Å². The molecule has 0 aliphatic carbocycles. The van der Waals surface area contributed by atoms with E-state index in [1.807, 2.05) is 19.0 Å². The van der Waals surface area contributed by atoms with Crippen molar-refractivity contribution >= 4 is 17.8 Å². The predicted molar refractivity (Wildman–Crippen MR) is 79.2 cm³/mol. The Kier molecular flexibility index (Phi) is 4.72. The number of rotatable bonds is 4. The molecule has 2 aliphatic heterocycles. The third kappa shape index (κ3) is 3.56. The Bertz CT molecular complexity index is 477. The Balaban J connectivity index is 1.94. The van der Waals surface area contributed by atoms with Crippen LogP contribution in [0.25, 0.3) is 0 Å². The molecule has 0 aromatic carbocycles. The fourth-order valence-electron chi connectivity index (χ4n) is 2.66. The highest BCUT2D eigenvalue weighted by atomic mass is 16.5. The molecule has 8 nitrogen and oxygen atoms in total. The molecule has 22 heavy (non-hydrogen) atoms. The summed E-state index contributed by atoms with van der Waals surface area (Å²) in [6.07, 6.45) is -0.0488. The molecule has 1 N–H and O–H groups in total. The molecule has 2 saturated heterocycles. The molecule has 0 aromatic rings. The lowest BCUT2D eigenvalue weighted by Gasteiger charge is -2.34. The summed E-state index contributed by atoms with van der Waals surface area (Å²) in [6, 6.07) is -0.513. The second-order valence-corrected chi connectivity index (χ2v) is 6.54. The Hall–Kier alpha value is -1.67. The summed E-state index contributed by atoms with van der Waals surface area (Å²) in [6.45, 7) is 5.18. The highest BCUT2D eigenvalue weighted by Crippen LogP contribution is 2.17. The van der Waals surface area contributed by atoms with Crippen molar-refractivity contribution in [3.63, 3.8) is 0 Å². The minimum absolute atomic E-state index is 0.0488. The monoisotopic (exact) mass is 312 g/mol. The lowest BCUT2D eigenvalue weighted by atomic mass is 10.1. The molecular formula is C14H24N4O4. The van der Waals surface area contributed by atoms with Gasteiger partial charge in [-0.2, -0.15) is 0 Å². The molecule has 0 aromatic heterocycles. The summed E-state index contributed by atoms with van der Waals surface area (Å²) in [7, 11) is 3.89. The number of amides is 4. The number of carbonyl (C=O) groups is 3. The Morgan fingerprint density at radius 3 is 2.64 bits per heavy atom. The minimum atomic E-state index is -0.949. The van der Waals surface area contributed by atoms with Crippen molar-refractivity contribution in [2.45, 2.75) is 25.5 Å². The molecule has 0 bridgehead atoms. The van der Waals surface area contributed by atoms with Crippen molar-refractivity contribution in [3.8, 4) is 0 Å². The number of carbonyl (C=O) groups excluding carboxylic acids is 3. The van der Waals surface area contributed by atoms with Crippen LogP contribution >= 0.6 is 0 Å². The fraction of sp³-hybridized carbons (Fsp3) is 0.786. The summed E-state index contributed by atoms with van der Waals surface area (Å²) in [5.74, 6) is -0.600. The molecule has 2 heterocycles. The van der Waals surface area contributed by atoms with Crippen LogP contribution in [0.4, 0.5) is 4.79 Å². The van der Waals surface area contributed by atoms with Crippen LogP contribution in [0.3, 0.4) is 0 Å². The van der Waals surface area contributed by atoms with Gasteiger partial charge in [0, 0.05) is 19.6 Å². The largest absolute Gasteiger partial charge is 0.373 e. The van der Waals surface area contributed by atoms with Gasteiger partial charge in [0.15, 0.2) is 0 Å². The first-order valence-corrected chi connectivity index (χ1v) is 7.39. The first-order chi connectivity index (χ1) is 10.2. The minimum Gasteiger partial charge on any atom is -0.373 e. The summed E-state index contributed by atoms with van der Waals surface area (Å²) in [5.41, 5.74) is -0.949. The molecule has 2 aliphatic rings. The number of morpholine rings is 1. The van der Waals surface area contributed by atoms with Crippen LogP contribution in [0.5, 0.6) is 0 Å². The zero-order valence-corrected chi connectivity index (χ0v) is 13.6. The predicted octanol–water partition coefficient (Wildman–Crippen LogP) is -0.894. The van der Waals surface area contributed by atoms with E-state index in [2.05, 4.69) is 5.32 Å². The maximum Gasteiger partial charge on any atom is 0.325 e. The molecule has 0 saturated carbocycles. The number of imide groups is 1. The van der Waals surface area contributed by atoms with Gasteiger partial charge in [0.2, 0.25) is 5.91 Å². The van der Waals surface area contributed by atoms with E-state index in [1.54, 1.807) is 18.7 Å². The third-order valence-corrected chi connectivity index (χ3v) is 3.80. The molecule has 1 atom stereocenters. The molecule has 124 valence electrons. The lowest BCUT2D eigenvalue weighted by molar-refractivity contribution is -0.143. The van der Waals surface area contributed by atoms with E-state index < -0.39 is 11.6 Å². The number of urea groups is 1. The average Bonchev–Trinajstić information content (AvgIpc) is 2.60. The molecule has 0 spiro atoms. The summed E-state index contributed by atoms with van der Waals surface area (Å²) < 4.78 is 5.62. The number of likely N-dealkylation sites (N-methyl/N-ethyl adjacent to an activating group) is 1. The van der Waals surface area contributed by atoms with E-state index in [0.717, 1.165) is 11.4 Å². The number of nitrogens with one attached hydrogen (secondary N) is 1. The van der Waals surface area contributed by atoms with Crippen molar-refractivity contribution in [1.82, 2.24) is 20.0 Å². The quantitative estimate of drug-likeness (QED) is 0.681. The summed E-state index contributed by atoms with van der Waals surface area (Å²) in [5, 5.41) is 2.57. The third-order valence-electron chi connectivity index (χ3n) is 3.80. The van der Waals surface area contributed by atoms with E-state index >= 15 is 0 Å². The maximum absolute atomic E-state index is 12.4. The van der Waals surface area contributed by atoms with E-state index in [4.69, 9.17) is 4.74 Å². The van der Waals surface area contributed by atoms with Crippen molar-refractivity contribution in [1.29, 1.82) is 0 Å². The van der Waals surface area contributed by atoms with Crippen molar-refractivity contribution in [2.75, 3.05) is 46.9 Å².